The second-order valence-corrected chi connectivity index (χ2v) is 9.40. The highest BCUT2D eigenvalue weighted by atomic mass is 16.2. The number of anilines is 2. The van der Waals surface area contributed by atoms with Crippen LogP contribution in [0.2, 0.25) is 0 Å². The van der Waals surface area contributed by atoms with Crippen molar-refractivity contribution < 1.29 is 14.4 Å². The van der Waals surface area contributed by atoms with Gasteiger partial charge < -0.3 is 26.2 Å². The summed E-state index contributed by atoms with van der Waals surface area (Å²) in [5.74, 6) is -0.581. The average Bonchev–Trinajstić information content (AvgIpc) is 3.36. The zero-order valence-electron chi connectivity index (χ0n) is 21.9. The molecule has 0 saturated heterocycles. The van der Waals surface area contributed by atoms with Gasteiger partial charge in [-0.25, -0.2) is 0 Å². The molecular formula is C29H35N5O3. The highest BCUT2D eigenvalue weighted by molar-refractivity contribution is 6.31. The normalized spacial score (nSPS) is 19.6. The number of carbonyl (C=O) groups excluding carboxylic acids is 3. The number of benzene rings is 2. The first-order valence-corrected chi connectivity index (χ1v) is 12.8. The maximum Gasteiger partial charge on any atom is 0.256 e. The predicted molar refractivity (Wildman–Crippen MR) is 147 cm³/mol. The van der Waals surface area contributed by atoms with Gasteiger partial charge in [0.2, 0.25) is 5.91 Å². The van der Waals surface area contributed by atoms with Crippen molar-refractivity contribution in [1.29, 1.82) is 0 Å². The summed E-state index contributed by atoms with van der Waals surface area (Å²) in [4.78, 5) is 40.5. The third-order valence-corrected chi connectivity index (χ3v) is 7.08. The molecule has 0 aliphatic carbocycles. The Morgan fingerprint density at radius 1 is 1.05 bits per heavy atom. The first-order chi connectivity index (χ1) is 17.8. The van der Waals surface area contributed by atoms with E-state index in [0.29, 0.717) is 29.1 Å². The summed E-state index contributed by atoms with van der Waals surface area (Å²) in [5, 5.41) is 12.2. The Morgan fingerprint density at radius 2 is 1.78 bits per heavy atom. The van der Waals surface area contributed by atoms with Gasteiger partial charge in [-0.2, -0.15) is 0 Å². The van der Waals surface area contributed by atoms with Crippen molar-refractivity contribution in [1.82, 2.24) is 15.5 Å². The summed E-state index contributed by atoms with van der Waals surface area (Å²) >= 11 is 0. The third kappa shape index (κ3) is 5.75. The number of amides is 3. The van der Waals surface area contributed by atoms with E-state index < -0.39 is 0 Å². The zero-order chi connectivity index (χ0) is 26.5. The van der Waals surface area contributed by atoms with Crippen LogP contribution in [0.4, 0.5) is 11.4 Å². The molecule has 2 unspecified atom stereocenters. The van der Waals surface area contributed by atoms with E-state index in [1.54, 1.807) is 24.3 Å². The van der Waals surface area contributed by atoms with Gasteiger partial charge >= 0.3 is 0 Å². The van der Waals surface area contributed by atoms with Crippen LogP contribution < -0.4 is 21.3 Å². The second kappa shape index (κ2) is 11.4. The molecule has 2 heterocycles. The van der Waals surface area contributed by atoms with Crippen LogP contribution in [0.3, 0.4) is 0 Å². The summed E-state index contributed by atoms with van der Waals surface area (Å²) in [6, 6.07) is 14.2. The smallest absolute Gasteiger partial charge is 0.256 e. The Morgan fingerprint density at radius 3 is 2.49 bits per heavy atom. The van der Waals surface area contributed by atoms with Crippen molar-refractivity contribution in [2.24, 2.45) is 5.92 Å². The summed E-state index contributed by atoms with van der Waals surface area (Å²) in [5.41, 5.74) is 4.67. The van der Waals surface area contributed by atoms with Crippen molar-refractivity contribution in [2.75, 3.05) is 36.8 Å². The minimum atomic E-state index is -0.214. The van der Waals surface area contributed by atoms with Crippen LogP contribution in [-0.4, -0.2) is 54.8 Å². The van der Waals surface area contributed by atoms with Crippen molar-refractivity contribution in [3.8, 4) is 0 Å². The molecule has 4 rings (SSSR count). The van der Waals surface area contributed by atoms with E-state index in [1.807, 2.05) is 44.2 Å². The van der Waals surface area contributed by atoms with E-state index in [4.69, 9.17) is 0 Å². The summed E-state index contributed by atoms with van der Waals surface area (Å²) in [6.45, 7) is 11.4. The standard InChI is InChI=1S/C29H35N5O3/c1-5-34(6-2)15-14-30-29(37)26-18(3)24(31-19(26)4)17-23-22-13-12-21(16-25(22)33-28(23)36)32-27(35)20-10-8-7-9-11-20/h7-13,16-18,24,31H,5-6,14-15H2,1-4H3,(H,30,37)(H,32,35)(H,33,36)/b23-17-. The molecule has 2 aromatic carbocycles. The summed E-state index contributed by atoms with van der Waals surface area (Å²) in [7, 11) is 0. The van der Waals surface area contributed by atoms with Gasteiger partial charge in [0.05, 0.1) is 11.7 Å². The van der Waals surface area contributed by atoms with Gasteiger partial charge in [-0.15, -0.1) is 0 Å². The lowest BCUT2D eigenvalue weighted by Gasteiger charge is -2.19. The number of rotatable bonds is 9. The van der Waals surface area contributed by atoms with Crippen LogP contribution >= 0.6 is 0 Å². The second-order valence-electron chi connectivity index (χ2n) is 9.40. The topological polar surface area (TPSA) is 103 Å². The lowest BCUT2D eigenvalue weighted by molar-refractivity contribution is -0.118. The van der Waals surface area contributed by atoms with Crippen LogP contribution in [0.1, 0.15) is 43.6 Å². The molecule has 0 fully saturated rings. The fourth-order valence-electron chi connectivity index (χ4n) is 4.91. The number of hydrogen-bond acceptors (Lipinski definition) is 5. The highest BCUT2D eigenvalue weighted by Gasteiger charge is 2.34. The average molecular weight is 502 g/mol. The van der Waals surface area contributed by atoms with Crippen LogP contribution in [0.15, 0.2) is 65.9 Å². The van der Waals surface area contributed by atoms with Gasteiger partial charge in [-0.3, -0.25) is 14.4 Å². The van der Waals surface area contributed by atoms with Crippen molar-refractivity contribution in [3.63, 3.8) is 0 Å². The molecule has 4 N–H and O–H groups in total. The first kappa shape index (κ1) is 26.2. The first-order valence-electron chi connectivity index (χ1n) is 12.8. The number of allylic oxidation sites excluding steroid dienone is 1. The fourth-order valence-corrected chi connectivity index (χ4v) is 4.91. The van der Waals surface area contributed by atoms with E-state index in [2.05, 4.69) is 40.0 Å². The van der Waals surface area contributed by atoms with Crippen molar-refractivity contribution in [3.05, 3.63) is 77.0 Å². The molecule has 37 heavy (non-hydrogen) atoms. The molecule has 0 radical (unpaired) electrons. The molecular weight excluding hydrogens is 466 g/mol. The van der Waals surface area contributed by atoms with Crippen molar-refractivity contribution in [2.45, 2.75) is 33.7 Å². The molecule has 0 saturated carbocycles. The van der Waals surface area contributed by atoms with E-state index in [1.165, 1.54) is 0 Å². The fraction of sp³-hybridized carbons (Fsp3) is 0.345. The van der Waals surface area contributed by atoms with E-state index >= 15 is 0 Å². The summed E-state index contributed by atoms with van der Waals surface area (Å²) < 4.78 is 0. The molecule has 0 spiro atoms. The number of likely N-dealkylation sites (N-methyl/N-ethyl adjacent to an activating group) is 1. The lowest BCUT2D eigenvalue weighted by Crippen LogP contribution is -2.36. The Labute approximate surface area is 218 Å². The van der Waals surface area contributed by atoms with E-state index in [0.717, 1.165) is 36.5 Å². The maximum atomic E-state index is 12.9. The SMILES string of the molecule is CCN(CC)CCNC(=O)C1=C(C)NC(/C=C2\C(=O)Nc3cc(NC(=O)c4ccccc4)ccc32)C1C. The maximum absolute atomic E-state index is 12.9. The van der Waals surface area contributed by atoms with Gasteiger partial charge in [-0.05, 0) is 50.4 Å². The van der Waals surface area contributed by atoms with Crippen LogP contribution in [0.25, 0.3) is 5.57 Å². The monoisotopic (exact) mass is 501 g/mol. The van der Waals surface area contributed by atoms with Gasteiger partial charge in [-0.1, -0.05) is 45.0 Å². The molecule has 0 bridgehead atoms. The Kier molecular flexibility index (Phi) is 8.08. The van der Waals surface area contributed by atoms with Crippen molar-refractivity contribution >= 4 is 34.7 Å². The van der Waals surface area contributed by atoms with Crippen LogP contribution in [-0.2, 0) is 9.59 Å². The summed E-state index contributed by atoms with van der Waals surface area (Å²) in [6.07, 6.45) is 1.90. The molecule has 194 valence electrons. The van der Waals surface area contributed by atoms with Gasteiger partial charge in [0.15, 0.2) is 0 Å². The van der Waals surface area contributed by atoms with E-state index in [9.17, 15) is 14.4 Å². The predicted octanol–water partition coefficient (Wildman–Crippen LogP) is 3.61. The largest absolute Gasteiger partial charge is 0.381 e. The quantitative estimate of drug-likeness (QED) is 0.393. The van der Waals surface area contributed by atoms with Gasteiger partial charge in [0, 0.05) is 52.7 Å². The number of nitrogens with zero attached hydrogens (tertiary/aromatic N) is 1. The number of hydrogen-bond donors (Lipinski definition) is 4. The minimum Gasteiger partial charge on any atom is -0.381 e. The molecule has 2 aliphatic rings. The van der Waals surface area contributed by atoms with E-state index in [-0.39, 0.29) is 29.7 Å². The molecule has 2 atom stereocenters. The Bertz CT molecular complexity index is 1250. The van der Waals surface area contributed by atoms with Gasteiger partial charge in [0.25, 0.3) is 11.8 Å². The molecule has 2 aromatic rings. The van der Waals surface area contributed by atoms with Crippen LogP contribution in [0.5, 0.6) is 0 Å². The Balaban J connectivity index is 1.44. The number of nitrogens with one attached hydrogen (secondary N) is 4. The van der Waals surface area contributed by atoms with Gasteiger partial charge in [0.1, 0.15) is 0 Å². The molecule has 8 heteroatoms. The molecule has 8 nitrogen and oxygen atoms in total. The number of carbonyl (C=O) groups is 3. The number of fused-ring (bicyclic) bond motifs is 1. The molecule has 3 amide bonds. The van der Waals surface area contributed by atoms with Crippen LogP contribution in [0, 0.1) is 5.92 Å². The molecule has 0 aromatic heterocycles. The minimum absolute atomic E-state index is 0.0689. The zero-order valence-corrected chi connectivity index (χ0v) is 21.9. The third-order valence-electron chi connectivity index (χ3n) is 7.08. The Hall–Kier alpha value is -3.91. The highest BCUT2D eigenvalue weighted by Crippen LogP contribution is 2.36. The molecule has 2 aliphatic heterocycles. The lowest BCUT2D eigenvalue weighted by atomic mass is 9.93.